The van der Waals surface area contributed by atoms with Gasteiger partial charge in [0.1, 0.15) is 0 Å². The molecule has 9 aromatic rings. The minimum Gasteiger partial charge on any atom is -0.310 e. The zero-order valence-corrected chi connectivity index (χ0v) is 35.2. The van der Waals surface area contributed by atoms with Crippen LogP contribution in [0.3, 0.4) is 0 Å². The summed E-state index contributed by atoms with van der Waals surface area (Å²) >= 11 is 0. The van der Waals surface area contributed by atoms with Crippen molar-refractivity contribution in [1.82, 2.24) is 0 Å². The minimum atomic E-state index is -0.130. The van der Waals surface area contributed by atoms with Crippen LogP contribution in [-0.2, 0) is 10.8 Å². The van der Waals surface area contributed by atoms with Gasteiger partial charge < -0.3 is 4.90 Å². The molecule has 0 spiro atoms. The first-order chi connectivity index (χ1) is 29.8. The van der Waals surface area contributed by atoms with Crippen LogP contribution in [0.2, 0.25) is 0 Å². The van der Waals surface area contributed by atoms with E-state index in [0.717, 1.165) is 17.1 Å². The second-order valence-electron chi connectivity index (χ2n) is 17.7. The van der Waals surface area contributed by atoms with Crippen molar-refractivity contribution in [3.63, 3.8) is 0 Å². The maximum Gasteiger partial charge on any atom is 0.0540 e. The monoisotopic (exact) mass is 781 g/mol. The van der Waals surface area contributed by atoms with Crippen molar-refractivity contribution in [3.05, 3.63) is 235 Å². The third-order valence-electron chi connectivity index (χ3n) is 13.5. The van der Waals surface area contributed by atoms with Crippen molar-refractivity contribution >= 4 is 17.1 Å². The molecule has 9 aromatic carbocycles. The molecule has 0 unspecified atom stereocenters. The highest BCUT2D eigenvalue weighted by atomic mass is 15.1. The molecular weight excluding hydrogens is 735 g/mol. The number of nitrogens with zero attached hydrogens (tertiary/aromatic N) is 1. The zero-order chi connectivity index (χ0) is 41.3. The van der Waals surface area contributed by atoms with E-state index in [1.165, 1.54) is 89.0 Å². The predicted octanol–water partition coefficient (Wildman–Crippen LogP) is 16.4. The predicted molar refractivity (Wildman–Crippen MR) is 258 cm³/mol. The van der Waals surface area contributed by atoms with Crippen molar-refractivity contribution in [1.29, 1.82) is 0 Å². The first-order valence-electron chi connectivity index (χ1n) is 21.5. The molecule has 0 N–H and O–H groups in total. The standard InChI is InChI=1S/C60H47N/c1-59(2)54-27-15-12-24-51(54)58-50(25-17-28-55(58)59)49-23-13-16-29-57(49)61(45-35-37-48-47-22-11-14-26-53(47)60(3,4)56(48)39-45)44-33-30-40(31-34-44)43-32-36-46(41-18-7-5-8-19-41)52(38-43)42-20-9-6-10-21-42/h5-39H,1-4H3. The van der Waals surface area contributed by atoms with Gasteiger partial charge in [-0.1, -0.05) is 204 Å². The molecule has 0 saturated heterocycles. The molecule has 0 aliphatic heterocycles. The lowest BCUT2D eigenvalue weighted by Gasteiger charge is -2.30. The van der Waals surface area contributed by atoms with E-state index in [-0.39, 0.29) is 10.8 Å². The van der Waals surface area contributed by atoms with Crippen LogP contribution in [0.4, 0.5) is 17.1 Å². The smallest absolute Gasteiger partial charge is 0.0540 e. The van der Waals surface area contributed by atoms with E-state index in [2.05, 4.69) is 245 Å². The molecule has 2 aliphatic carbocycles. The van der Waals surface area contributed by atoms with Crippen LogP contribution in [0, 0.1) is 0 Å². The van der Waals surface area contributed by atoms with Gasteiger partial charge in [-0.25, -0.2) is 0 Å². The molecule has 2 aliphatic rings. The van der Waals surface area contributed by atoms with Gasteiger partial charge >= 0.3 is 0 Å². The Bertz CT molecular complexity index is 3120. The van der Waals surface area contributed by atoms with E-state index in [9.17, 15) is 0 Å². The van der Waals surface area contributed by atoms with Crippen LogP contribution in [-0.4, -0.2) is 0 Å². The molecule has 1 nitrogen and oxygen atoms in total. The summed E-state index contributed by atoms with van der Waals surface area (Å²) in [6, 6.07) is 78.5. The van der Waals surface area contributed by atoms with Gasteiger partial charge in [0.15, 0.2) is 0 Å². The second kappa shape index (κ2) is 14.2. The van der Waals surface area contributed by atoms with Gasteiger partial charge in [-0.05, 0) is 120 Å². The Labute approximate surface area is 360 Å². The summed E-state index contributed by atoms with van der Waals surface area (Å²) in [7, 11) is 0. The lowest BCUT2D eigenvalue weighted by atomic mass is 9.82. The third kappa shape index (κ3) is 5.91. The van der Waals surface area contributed by atoms with Gasteiger partial charge in [-0.3, -0.25) is 0 Å². The molecule has 1 heteroatoms. The van der Waals surface area contributed by atoms with E-state index in [1.807, 2.05) is 0 Å². The van der Waals surface area contributed by atoms with Gasteiger partial charge in [0.05, 0.1) is 5.69 Å². The zero-order valence-electron chi connectivity index (χ0n) is 35.2. The summed E-state index contributed by atoms with van der Waals surface area (Å²) in [5.74, 6) is 0. The van der Waals surface area contributed by atoms with E-state index in [1.54, 1.807) is 0 Å². The maximum atomic E-state index is 2.48. The number of benzene rings is 9. The van der Waals surface area contributed by atoms with E-state index in [4.69, 9.17) is 0 Å². The molecule has 61 heavy (non-hydrogen) atoms. The molecule has 0 fully saturated rings. The molecule has 0 radical (unpaired) electrons. The Morgan fingerprint density at radius 3 is 1.49 bits per heavy atom. The van der Waals surface area contributed by atoms with Crippen LogP contribution in [0.25, 0.3) is 66.8 Å². The molecule has 0 bridgehead atoms. The Balaban J connectivity index is 1.08. The SMILES string of the molecule is CC1(C)c2ccccc2-c2ccc(N(c3ccc(-c4ccc(-c5ccccc5)c(-c5ccccc5)c4)cc3)c3ccccc3-c3cccc4c3-c3ccccc3C4(C)C)cc21. The average Bonchev–Trinajstić information content (AvgIpc) is 3.69. The quantitative estimate of drug-likeness (QED) is 0.156. The fraction of sp³-hybridized carbons (Fsp3) is 0.100. The van der Waals surface area contributed by atoms with Crippen LogP contribution in [0.1, 0.15) is 49.9 Å². The number of para-hydroxylation sites is 1. The van der Waals surface area contributed by atoms with Gasteiger partial charge in [-0.2, -0.15) is 0 Å². The topological polar surface area (TPSA) is 3.24 Å². The number of anilines is 3. The average molecular weight is 782 g/mol. The molecule has 0 saturated carbocycles. The van der Waals surface area contributed by atoms with E-state index < -0.39 is 0 Å². The Hall–Kier alpha value is -7.22. The summed E-state index contributed by atoms with van der Waals surface area (Å²) in [4.78, 5) is 2.48. The third-order valence-corrected chi connectivity index (χ3v) is 13.5. The highest BCUT2D eigenvalue weighted by Crippen LogP contribution is 2.55. The van der Waals surface area contributed by atoms with Gasteiger partial charge in [0.2, 0.25) is 0 Å². The first-order valence-corrected chi connectivity index (χ1v) is 21.5. The highest BCUT2D eigenvalue weighted by Gasteiger charge is 2.38. The van der Waals surface area contributed by atoms with Crippen molar-refractivity contribution in [2.45, 2.75) is 38.5 Å². The van der Waals surface area contributed by atoms with Gasteiger partial charge in [-0.15, -0.1) is 0 Å². The molecule has 0 aromatic heterocycles. The van der Waals surface area contributed by atoms with Crippen LogP contribution in [0.5, 0.6) is 0 Å². The summed E-state index contributed by atoms with van der Waals surface area (Å²) < 4.78 is 0. The highest BCUT2D eigenvalue weighted by molar-refractivity contribution is 5.99. The molecule has 0 amide bonds. The largest absolute Gasteiger partial charge is 0.310 e. The fourth-order valence-electron chi connectivity index (χ4n) is 10.4. The molecule has 292 valence electrons. The number of fused-ring (bicyclic) bond motifs is 6. The van der Waals surface area contributed by atoms with Crippen molar-refractivity contribution in [2.24, 2.45) is 0 Å². The van der Waals surface area contributed by atoms with E-state index >= 15 is 0 Å². The van der Waals surface area contributed by atoms with Crippen LogP contribution in [0.15, 0.2) is 212 Å². The lowest BCUT2D eigenvalue weighted by Crippen LogP contribution is -2.17. The Kier molecular flexibility index (Phi) is 8.58. The molecule has 0 heterocycles. The summed E-state index contributed by atoms with van der Waals surface area (Å²) in [6.45, 7) is 9.47. The second-order valence-corrected chi connectivity index (χ2v) is 17.7. The van der Waals surface area contributed by atoms with Crippen molar-refractivity contribution in [2.75, 3.05) is 4.90 Å². The normalized spacial score (nSPS) is 13.8. The summed E-state index contributed by atoms with van der Waals surface area (Å²) in [6.07, 6.45) is 0. The summed E-state index contributed by atoms with van der Waals surface area (Å²) in [5.41, 5.74) is 23.7. The van der Waals surface area contributed by atoms with Crippen LogP contribution < -0.4 is 4.90 Å². The maximum absolute atomic E-state index is 2.48. The van der Waals surface area contributed by atoms with Crippen molar-refractivity contribution < 1.29 is 0 Å². The Morgan fingerprint density at radius 1 is 0.279 bits per heavy atom. The first kappa shape index (κ1) is 36.8. The number of rotatable bonds is 7. The van der Waals surface area contributed by atoms with Crippen LogP contribution >= 0.6 is 0 Å². The van der Waals surface area contributed by atoms with E-state index in [0.29, 0.717) is 0 Å². The molecule has 0 atom stereocenters. The van der Waals surface area contributed by atoms with Gasteiger partial charge in [0.25, 0.3) is 0 Å². The van der Waals surface area contributed by atoms with Gasteiger partial charge in [0, 0.05) is 27.8 Å². The lowest BCUT2D eigenvalue weighted by molar-refractivity contribution is 0.660. The number of hydrogen-bond donors (Lipinski definition) is 0. The minimum absolute atomic E-state index is 0.0906. The Morgan fingerprint density at radius 2 is 0.770 bits per heavy atom. The molecular formula is C60H47N. The fourth-order valence-corrected chi connectivity index (χ4v) is 10.4. The van der Waals surface area contributed by atoms with Crippen molar-refractivity contribution in [3.8, 4) is 66.8 Å². The molecule has 11 rings (SSSR count). The summed E-state index contributed by atoms with van der Waals surface area (Å²) in [5, 5.41) is 0. The number of hydrogen-bond acceptors (Lipinski definition) is 1.